The van der Waals surface area contributed by atoms with Gasteiger partial charge < -0.3 is 10.1 Å². The number of carbonyl (C=O) groups excluding carboxylic acids is 1. The molecule has 2 heterocycles. The van der Waals surface area contributed by atoms with Crippen molar-refractivity contribution < 1.29 is 9.53 Å². The molecule has 1 amide bonds. The topological polar surface area (TPSA) is 53.6 Å². The molecule has 0 aromatic rings. The fourth-order valence-electron chi connectivity index (χ4n) is 2.22. The summed E-state index contributed by atoms with van der Waals surface area (Å²) in [5, 5.41) is 5.22. The van der Waals surface area contributed by atoms with Crippen molar-refractivity contribution in [3.05, 3.63) is 0 Å². The minimum Gasteiger partial charge on any atom is -0.379 e. The van der Waals surface area contributed by atoms with Gasteiger partial charge in [-0.2, -0.15) is 0 Å². The van der Waals surface area contributed by atoms with Gasteiger partial charge in [-0.25, -0.2) is 5.01 Å². The van der Waals surface area contributed by atoms with Gasteiger partial charge in [-0.1, -0.05) is 6.92 Å². The van der Waals surface area contributed by atoms with Gasteiger partial charge in [-0.3, -0.25) is 10.2 Å². The van der Waals surface area contributed by atoms with Crippen molar-refractivity contribution in [3.8, 4) is 0 Å². The van der Waals surface area contributed by atoms with Crippen molar-refractivity contribution in [3.63, 3.8) is 0 Å². The smallest absolute Gasteiger partial charge is 0.251 e. The van der Waals surface area contributed by atoms with Crippen molar-refractivity contribution in [2.75, 3.05) is 32.8 Å². The molecule has 2 aliphatic rings. The third kappa shape index (κ3) is 3.17. The summed E-state index contributed by atoms with van der Waals surface area (Å²) in [7, 11) is 0. The van der Waals surface area contributed by atoms with Crippen molar-refractivity contribution >= 4 is 5.91 Å². The molecule has 5 nitrogen and oxygen atoms in total. The lowest BCUT2D eigenvalue weighted by atomic mass is 9.94. The molecule has 2 fully saturated rings. The average Bonchev–Trinajstić information content (AvgIpc) is 2.30. The molecule has 2 rings (SSSR count). The van der Waals surface area contributed by atoms with E-state index in [1.165, 1.54) is 6.42 Å². The fraction of sp³-hybridized carbons (Fsp3) is 0.909. The number of hydrazine groups is 1. The minimum absolute atomic E-state index is 0.0217. The molecule has 0 spiro atoms. The van der Waals surface area contributed by atoms with E-state index in [0.29, 0.717) is 19.1 Å². The van der Waals surface area contributed by atoms with Crippen LogP contribution >= 0.6 is 0 Å². The third-order valence-corrected chi connectivity index (χ3v) is 3.26. The lowest BCUT2D eigenvalue weighted by Gasteiger charge is -2.31. The largest absolute Gasteiger partial charge is 0.379 e. The van der Waals surface area contributed by atoms with E-state index >= 15 is 0 Å². The van der Waals surface area contributed by atoms with Gasteiger partial charge in [0.1, 0.15) is 0 Å². The zero-order chi connectivity index (χ0) is 11.4. The molecule has 2 atom stereocenters. The van der Waals surface area contributed by atoms with E-state index in [0.717, 1.165) is 26.1 Å². The summed E-state index contributed by atoms with van der Waals surface area (Å²) >= 11 is 0. The standard InChI is InChI=1S/C11H21N3O2/c1-9-2-3-12-10(8-9)11(15)13-14-4-6-16-7-5-14/h9-10,12H,2-8H2,1H3,(H,13,15). The summed E-state index contributed by atoms with van der Waals surface area (Å²) in [6, 6.07) is -0.0217. The predicted molar refractivity (Wildman–Crippen MR) is 60.7 cm³/mol. The SMILES string of the molecule is CC1CCNC(C(=O)NN2CCOCC2)C1. The molecular formula is C11H21N3O2. The molecule has 0 aromatic carbocycles. The maximum absolute atomic E-state index is 12.0. The third-order valence-electron chi connectivity index (χ3n) is 3.26. The van der Waals surface area contributed by atoms with Crippen LogP contribution in [0.1, 0.15) is 19.8 Å². The van der Waals surface area contributed by atoms with Gasteiger partial charge in [0.05, 0.1) is 19.3 Å². The molecule has 16 heavy (non-hydrogen) atoms. The van der Waals surface area contributed by atoms with Crippen LogP contribution in [0, 0.1) is 5.92 Å². The van der Waals surface area contributed by atoms with E-state index in [9.17, 15) is 4.79 Å². The minimum atomic E-state index is -0.0217. The highest BCUT2D eigenvalue weighted by atomic mass is 16.5. The molecule has 2 aliphatic heterocycles. The van der Waals surface area contributed by atoms with Gasteiger partial charge in [0.2, 0.25) is 0 Å². The van der Waals surface area contributed by atoms with Crippen LogP contribution in [0.25, 0.3) is 0 Å². The first-order valence-corrected chi connectivity index (χ1v) is 6.12. The summed E-state index contributed by atoms with van der Waals surface area (Å²) in [6.45, 7) is 6.13. The van der Waals surface area contributed by atoms with E-state index < -0.39 is 0 Å². The Balaban J connectivity index is 1.77. The second kappa shape index (κ2) is 5.61. The van der Waals surface area contributed by atoms with Crippen molar-refractivity contribution in [2.45, 2.75) is 25.8 Å². The second-order valence-electron chi connectivity index (χ2n) is 4.71. The second-order valence-corrected chi connectivity index (χ2v) is 4.71. The number of ether oxygens (including phenoxy) is 1. The Morgan fingerprint density at radius 3 is 2.88 bits per heavy atom. The molecule has 0 aromatic heterocycles. The molecule has 0 bridgehead atoms. The van der Waals surface area contributed by atoms with Crippen LogP contribution in [0.5, 0.6) is 0 Å². The van der Waals surface area contributed by atoms with Crippen molar-refractivity contribution in [1.29, 1.82) is 0 Å². The van der Waals surface area contributed by atoms with E-state index in [4.69, 9.17) is 4.74 Å². The Bertz CT molecular complexity index is 241. The van der Waals surface area contributed by atoms with Crippen LogP contribution in [0.3, 0.4) is 0 Å². The first kappa shape index (κ1) is 11.8. The zero-order valence-corrected chi connectivity index (χ0v) is 9.87. The summed E-state index contributed by atoms with van der Waals surface area (Å²) in [4.78, 5) is 12.0. The van der Waals surface area contributed by atoms with Gasteiger partial charge >= 0.3 is 0 Å². The van der Waals surface area contributed by atoms with Crippen LogP contribution in [-0.2, 0) is 9.53 Å². The fourth-order valence-corrected chi connectivity index (χ4v) is 2.22. The molecule has 5 heteroatoms. The van der Waals surface area contributed by atoms with Crippen LogP contribution in [-0.4, -0.2) is 49.8 Å². The van der Waals surface area contributed by atoms with Gasteiger partial charge in [0.15, 0.2) is 0 Å². The Morgan fingerprint density at radius 2 is 2.19 bits per heavy atom. The van der Waals surface area contributed by atoms with E-state index in [-0.39, 0.29) is 11.9 Å². The number of nitrogens with zero attached hydrogens (tertiary/aromatic N) is 1. The van der Waals surface area contributed by atoms with Crippen LogP contribution in [0.4, 0.5) is 0 Å². The zero-order valence-electron chi connectivity index (χ0n) is 9.87. The van der Waals surface area contributed by atoms with Crippen molar-refractivity contribution in [1.82, 2.24) is 15.8 Å². The predicted octanol–water partition coefficient (Wildman–Crippen LogP) is -0.262. The summed E-state index contributed by atoms with van der Waals surface area (Å²) in [6.07, 6.45) is 2.11. The molecule has 0 saturated carbocycles. The van der Waals surface area contributed by atoms with Gasteiger partial charge in [-0.15, -0.1) is 0 Å². The highest BCUT2D eigenvalue weighted by molar-refractivity contribution is 5.81. The Labute approximate surface area is 96.5 Å². The highest BCUT2D eigenvalue weighted by Crippen LogP contribution is 2.15. The number of morpholine rings is 1. The molecule has 2 N–H and O–H groups in total. The number of rotatable bonds is 2. The first-order valence-electron chi connectivity index (χ1n) is 6.12. The molecule has 0 radical (unpaired) electrons. The first-order chi connectivity index (χ1) is 7.75. The monoisotopic (exact) mass is 227 g/mol. The number of carbonyl (C=O) groups is 1. The van der Waals surface area contributed by atoms with Gasteiger partial charge in [0, 0.05) is 13.1 Å². The summed E-state index contributed by atoms with van der Waals surface area (Å²) < 4.78 is 5.24. The van der Waals surface area contributed by atoms with Gasteiger partial charge in [-0.05, 0) is 25.3 Å². The summed E-state index contributed by atoms with van der Waals surface area (Å²) in [5.41, 5.74) is 2.96. The lowest BCUT2D eigenvalue weighted by Crippen LogP contribution is -2.55. The number of amides is 1. The summed E-state index contributed by atoms with van der Waals surface area (Å²) in [5.74, 6) is 0.745. The number of piperidine rings is 1. The molecule has 92 valence electrons. The Morgan fingerprint density at radius 1 is 1.44 bits per heavy atom. The molecule has 0 aliphatic carbocycles. The van der Waals surface area contributed by atoms with Crippen LogP contribution < -0.4 is 10.7 Å². The molecular weight excluding hydrogens is 206 g/mol. The van der Waals surface area contributed by atoms with Crippen LogP contribution in [0.2, 0.25) is 0 Å². The lowest BCUT2D eigenvalue weighted by molar-refractivity contribution is -0.131. The molecule has 2 saturated heterocycles. The number of nitrogens with one attached hydrogen (secondary N) is 2. The van der Waals surface area contributed by atoms with E-state index in [1.54, 1.807) is 0 Å². The maximum atomic E-state index is 12.0. The highest BCUT2D eigenvalue weighted by Gasteiger charge is 2.25. The number of hydrogen-bond donors (Lipinski definition) is 2. The molecule has 2 unspecified atom stereocenters. The average molecular weight is 227 g/mol. The number of hydrogen-bond acceptors (Lipinski definition) is 4. The van der Waals surface area contributed by atoms with E-state index in [2.05, 4.69) is 17.7 Å². The van der Waals surface area contributed by atoms with Crippen molar-refractivity contribution in [2.24, 2.45) is 5.92 Å². The normalized spacial score (nSPS) is 32.3. The Kier molecular flexibility index (Phi) is 4.15. The Hall–Kier alpha value is -0.650. The van der Waals surface area contributed by atoms with Gasteiger partial charge in [0.25, 0.3) is 5.91 Å². The quantitative estimate of drug-likeness (QED) is 0.682. The van der Waals surface area contributed by atoms with E-state index in [1.807, 2.05) is 5.01 Å². The van der Waals surface area contributed by atoms with Crippen LogP contribution in [0.15, 0.2) is 0 Å². The maximum Gasteiger partial charge on any atom is 0.251 e.